The summed E-state index contributed by atoms with van der Waals surface area (Å²) in [6.07, 6.45) is -3.39. The molecule has 1 aromatic carbocycles. The lowest BCUT2D eigenvalue weighted by molar-refractivity contribution is -0.153. The number of nitrogens with zero attached hydrogens (tertiary/aromatic N) is 1. The molecule has 1 heterocycles. The molecule has 0 radical (unpaired) electrons. The predicted molar refractivity (Wildman–Crippen MR) is 86.9 cm³/mol. The van der Waals surface area contributed by atoms with Gasteiger partial charge in [-0.3, -0.25) is 4.90 Å². The van der Waals surface area contributed by atoms with Crippen molar-refractivity contribution < 1.29 is 17.9 Å². The highest BCUT2D eigenvalue weighted by Gasteiger charge is 2.33. The van der Waals surface area contributed by atoms with Crippen LogP contribution in [-0.4, -0.2) is 36.8 Å². The van der Waals surface area contributed by atoms with E-state index in [-0.39, 0.29) is 29.6 Å². The molecule has 0 amide bonds. The zero-order chi connectivity index (χ0) is 16.4. The van der Waals surface area contributed by atoms with E-state index in [9.17, 15) is 13.2 Å². The lowest BCUT2D eigenvalue weighted by Crippen LogP contribution is -2.52. The number of alkyl halides is 3. The van der Waals surface area contributed by atoms with E-state index in [0.29, 0.717) is 6.54 Å². The standard InChI is InChI=1S/C16H23F3N2O.ClH/c1-15(2)10-21(7-6-14(15)20)9-12-4-3-5-13(8-12)22-11-16(17,18)19;/h3-5,8,14H,6-7,9-11,20H2,1-2H3;1H. The molecule has 23 heavy (non-hydrogen) atoms. The first-order chi connectivity index (χ1) is 10.2. The van der Waals surface area contributed by atoms with E-state index in [1.807, 2.05) is 6.07 Å². The van der Waals surface area contributed by atoms with E-state index in [1.165, 1.54) is 0 Å². The molecule has 0 bridgehead atoms. The Morgan fingerprint density at radius 2 is 2.04 bits per heavy atom. The minimum Gasteiger partial charge on any atom is -0.484 e. The van der Waals surface area contributed by atoms with Gasteiger partial charge in [-0.1, -0.05) is 26.0 Å². The van der Waals surface area contributed by atoms with Gasteiger partial charge in [0, 0.05) is 25.7 Å². The molecule has 0 aromatic heterocycles. The minimum atomic E-state index is -4.32. The summed E-state index contributed by atoms with van der Waals surface area (Å²) >= 11 is 0. The van der Waals surface area contributed by atoms with Crippen LogP contribution in [0.3, 0.4) is 0 Å². The summed E-state index contributed by atoms with van der Waals surface area (Å²) in [5, 5.41) is 0. The Morgan fingerprint density at radius 1 is 1.35 bits per heavy atom. The minimum absolute atomic E-state index is 0. The van der Waals surface area contributed by atoms with Crippen LogP contribution < -0.4 is 10.5 Å². The molecule has 1 aliphatic rings. The third kappa shape index (κ3) is 6.20. The van der Waals surface area contributed by atoms with Gasteiger partial charge in [-0.15, -0.1) is 12.4 Å². The molecule has 2 N–H and O–H groups in total. The number of rotatable bonds is 4. The Kier molecular flexibility index (Phi) is 6.74. The average Bonchev–Trinajstić information content (AvgIpc) is 2.40. The van der Waals surface area contributed by atoms with Gasteiger partial charge in [-0.2, -0.15) is 13.2 Å². The summed E-state index contributed by atoms with van der Waals surface area (Å²) in [4.78, 5) is 2.28. The summed E-state index contributed by atoms with van der Waals surface area (Å²) in [6, 6.07) is 7.03. The molecule has 0 aliphatic carbocycles. The third-order valence-electron chi connectivity index (χ3n) is 4.10. The number of hydrogen-bond donors (Lipinski definition) is 1. The summed E-state index contributed by atoms with van der Waals surface area (Å²) in [6.45, 7) is 5.50. The fraction of sp³-hybridized carbons (Fsp3) is 0.625. The smallest absolute Gasteiger partial charge is 0.422 e. The first-order valence-electron chi connectivity index (χ1n) is 7.42. The van der Waals surface area contributed by atoms with Crippen LogP contribution in [0.5, 0.6) is 5.75 Å². The molecule has 0 saturated carbocycles. The van der Waals surface area contributed by atoms with E-state index < -0.39 is 12.8 Å². The van der Waals surface area contributed by atoms with Crippen LogP contribution in [-0.2, 0) is 6.54 Å². The number of ether oxygens (including phenoxy) is 1. The van der Waals surface area contributed by atoms with E-state index in [2.05, 4.69) is 18.7 Å². The zero-order valence-corrected chi connectivity index (χ0v) is 14.2. The number of benzene rings is 1. The second-order valence-electron chi connectivity index (χ2n) is 6.65. The van der Waals surface area contributed by atoms with Crippen LogP contribution >= 0.6 is 12.4 Å². The Labute approximate surface area is 141 Å². The maximum atomic E-state index is 12.2. The number of piperidine rings is 1. The van der Waals surface area contributed by atoms with E-state index >= 15 is 0 Å². The lowest BCUT2D eigenvalue weighted by Gasteiger charge is -2.42. The van der Waals surface area contributed by atoms with Crippen LogP contribution in [0.1, 0.15) is 25.8 Å². The molecule has 1 atom stereocenters. The number of hydrogen-bond acceptors (Lipinski definition) is 3. The highest BCUT2D eigenvalue weighted by atomic mass is 35.5. The van der Waals surface area contributed by atoms with Gasteiger partial charge in [-0.05, 0) is 29.5 Å². The molecule has 0 spiro atoms. The largest absolute Gasteiger partial charge is 0.484 e. The second kappa shape index (κ2) is 7.73. The van der Waals surface area contributed by atoms with Gasteiger partial charge in [0.15, 0.2) is 6.61 Å². The molecular formula is C16H24ClF3N2O. The van der Waals surface area contributed by atoms with Crippen molar-refractivity contribution in [3.63, 3.8) is 0 Å². The van der Waals surface area contributed by atoms with Crippen LogP contribution in [0.25, 0.3) is 0 Å². The molecule has 1 aromatic rings. The molecule has 132 valence electrons. The predicted octanol–water partition coefficient (Wildman–Crippen LogP) is 3.61. The Hall–Kier alpha value is -0.980. The molecule has 2 rings (SSSR count). The van der Waals surface area contributed by atoms with Crippen molar-refractivity contribution in [2.45, 2.75) is 39.0 Å². The van der Waals surface area contributed by atoms with Crippen molar-refractivity contribution in [2.75, 3.05) is 19.7 Å². The number of halogens is 4. The number of likely N-dealkylation sites (tertiary alicyclic amines) is 1. The molecule has 7 heteroatoms. The van der Waals surface area contributed by atoms with Crippen LogP contribution in [0.2, 0.25) is 0 Å². The Bertz CT molecular complexity index is 508. The first kappa shape index (κ1) is 20.1. The first-order valence-corrected chi connectivity index (χ1v) is 7.42. The highest BCUT2D eigenvalue weighted by molar-refractivity contribution is 5.85. The highest BCUT2D eigenvalue weighted by Crippen LogP contribution is 2.29. The van der Waals surface area contributed by atoms with Crippen LogP contribution in [0, 0.1) is 5.41 Å². The average molecular weight is 353 g/mol. The quantitative estimate of drug-likeness (QED) is 0.899. The summed E-state index contributed by atoms with van der Waals surface area (Å²) in [5.74, 6) is 0.253. The third-order valence-corrected chi connectivity index (χ3v) is 4.10. The van der Waals surface area contributed by atoms with Gasteiger partial charge < -0.3 is 10.5 Å². The van der Waals surface area contributed by atoms with Gasteiger partial charge >= 0.3 is 6.18 Å². The van der Waals surface area contributed by atoms with Crippen molar-refractivity contribution in [3.05, 3.63) is 29.8 Å². The summed E-state index contributed by atoms with van der Waals surface area (Å²) in [5.41, 5.74) is 7.11. The van der Waals surface area contributed by atoms with E-state index in [0.717, 1.165) is 25.1 Å². The van der Waals surface area contributed by atoms with Gasteiger partial charge in [0.25, 0.3) is 0 Å². The molecule has 1 saturated heterocycles. The maximum Gasteiger partial charge on any atom is 0.422 e. The fourth-order valence-electron chi connectivity index (χ4n) is 2.78. The van der Waals surface area contributed by atoms with Crippen molar-refractivity contribution in [1.82, 2.24) is 4.90 Å². The SMILES string of the molecule is CC1(C)CN(Cc2cccc(OCC(F)(F)F)c2)CCC1N.Cl. The van der Waals surface area contributed by atoms with Crippen LogP contribution in [0.15, 0.2) is 24.3 Å². The van der Waals surface area contributed by atoms with E-state index in [1.54, 1.807) is 18.2 Å². The topological polar surface area (TPSA) is 38.5 Å². The van der Waals surface area contributed by atoms with Crippen molar-refractivity contribution >= 4 is 12.4 Å². The van der Waals surface area contributed by atoms with Gasteiger partial charge in [-0.25, -0.2) is 0 Å². The summed E-state index contributed by atoms with van der Waals surface area (Å²) in [7, 11) is 0. The van der Waals surface area contributed by atoms with Crippen molar-refractivity contribution in [1.29, 1.82) is 0 Å². The molecule has 3 nitrogen and oxygen atoms in total. The Balaban J connectivity index is 0.00000264. The lowest BCUT2D eigenvalue weighted by atomic mass is 9.79. The monoisotopic (exact) mass is 352 g/mol. The second-order valence-corrected chi connectivity index (χ2v) is 6.65. The van der Waals surface area contributed by atoms with Crippen LogP contribution in [0.4, 0.5) is 13.2 Å². The molecule has 1 fully saturated rings. The molecule has 1 unspecified atom stereocenters. The van der Waals surface area contributed by atoms with E-state index in [4.69, 9.17) is 10.5 Å². The van der Waals surface area contributed by atoms with Gasteiger partial charge in [0.05, 0.1) is 0 Å². The molecular weight excluding hydrogens is 329 g/mol. The zero-order valence-electron chi connectivity index (χ0n) is 13.4. The number of nitrogens with two attached hydrogens (primary N) is 1. The van der Waals surface area contributed by atoms with Gasteiger partial charge in [0.2, 0.25) is 0 Å². The Morgan fingerprint density at radius 3 is 2.65 bits per heavy atom. The van der Waals surface area contributed by atoms with Crippen molar-refractivity contribution in [2.24, 2.45) is 11.1 Å². The maximum absolute atomic E-state index is 12.2. The molecule has 1 aliphatic heterocycles. The van der Waals surface area contributed by atoms with Gasteiger partial charge in [0.1, 0.15) is 5.75 Å². The summed E-state index contributed by atoms with van der Waals surface area (Å²) < 4.78 is 41.4. The fourth-order valence-corrected chi connectivity index (χ4v) is 2.78. The van der Waals surface area contributed by atoms with Crippen molar-refractivity contribution in [3.8, 4) is 5.75 Å². The normalized spacial score (nSPS) is 21.6.